The standard InChI is InChI=1S/CH2O3.Ca.Li.2Na.H2O4S.2H2O/c2-1(3)4;;;;;1-5(2,3)4;;/h(H2,2,3,4);;;;;(H2,1,2,3,4);2*1H2/q;+2;3*+1;;;/p-5. The number of hydrogen-bond donors (Lipinski definition) is 1. The molecule has 3 N–H and O–H groups in total. The summed E-state index contributed by atoms with van der Waals surface area (Å²) in [6.45, 7) is 0. The third-order valence-corrected chi connectivity index (χ3v) is 0. The second-order valence-electron chi connectivity index (χ2n) is 0.674. The maximum Gasteiger partial charge on any atom is 2.00 e. The molecule has 0 radical (unpaired) electrons. The number of hydrogen-bond acceptors (Lipinski definition) is 8. The third-order valence-electron chi connectivity index (χ3n) is 0. The number of rotatable bonds is 0. The van der Waals surface area contributed by atoms with Crippen LogP contribution in [-0.2, 0) is 10.4 Å². The van der Waals surface area contributed by atoms with Gasteiger partial charge in [-0.3, -0.25) is 8.42 Å². The predicted molar refractivity (Wildman–Crippen MR) is 28.1 cm³/mol. The van der Waals surface area contributed by atoms with Crippen LogP contribution >= 0.6 is 0 Å². The molecule has 0 fully saturated rings. The van der Waals surface area contributed by atoms with Gasteiger partial charge in [0.2, 0.25) is 6.16 Å². The molecule has 72 valence electrons. The molecular formula is CH3CaLiNa2O9S. The number of carbonyl (C=O) groups is 1. The van der Waals surface area contributed by atoms with Gasteiger partial charge in [-0.15, -0.1) is 0 Å². The average molecular weight is 284 g/mol. The minimum atomic E-state index is -5.17. The van der Waals surface area contributed by atoms with Crippen molar-refractivity contribution in [1.82, 2.24) is 0 Å². The molecule has 0 spiro atoms. The van der Waals surface area contributed by atoms with E-state index in [2.05, 4.69) is 0 Å². The topological polar surface area (TPSA) is 201 Å². The van der Waals surface area contributed by atoms with Crippen molar-refractivity contribution >= 4 is 54.3 Å². The molecule has 0 amide bonds. The zero-order valence-corrected chi connectivity index (χ0v) is 15.4. The smallest absolute Gasteiger partial charge is 0.870 e. The molecule has 0 aromatic rings. The molecule has 0 atom stereocenters. The van der Waals surface area contributed by atoms with Crippen LogP contribution in [0.3, 0.4) is 0 Å². The van der Waals surface area contributed by atoms with E-state index in [9.17, 15) is 0 Å². The molecule has 9 nitrogen and oxygen atoms in total. The fourth-order valence-electron chi connectivity index (χ4n) is 0. The van der Waals surface area contributed by atoms with Crippen molar-refractivity contribution in [1.29, 1.82) is 0 Å². The molecule has 0 unspecified atom stereocenters. The SMILES string of the molecule is O=C([O-])O.O=S(=O)([O-])[O-].[Ca+2].[Li+].[Na+].[Na+].[OH-].[OH-]. The van der Waals surface area contributed by atoms with Gasteiger partial charge in [-0.25, -0.2) is 0 Å². The zero-order chi connectivity index (χ0) is 8.08. The first-order valence-electron chi connectivity index (χ1n) is 1.30. The first kappa shape index (κ1) is 52.1. The molecule has 0 heterocycles. The van der Waals surface area contributed by atoms with Gasteiger partial charge >= 0.3 is 116 Å². The fraction of sp³-hybridized carbons (Fsp3) is 0. The van der Waals surface area contributed by atoms with Gasteiger partial charge in [-0.05, 0) is 0 Å². The molecular weight excluding hydrogens is 281 g/mol. The Labute approximate surface area is 172 Å². The Balaban J connectivity index is -0.00000000785. The van der Waals surface area contributed by atoms with Gasteiger partial charge in [-0.2, -0.15) is 0 Å². The van der Waals surface area contributed by atoms with Crippen LogP contribution in [0, 0.1) is 0 Å². The van der Waals surface area contributed by atoms with Crippen LogP contribution in [0.2, 0.25) is 0 Å². The minimum absolute atomic E-state index is 0. The summed E-state index contributed by atoms with van der Waals surface area (Å²) in [7, 11) is -5.17. The van der Waals surface area contributed by atoms with E-state index >= 15 is 0 Å². The maximum absolute atomic E-state index is 8.52. The molecule has 0 saturated heterocycles. The summed E-state index contributed by atoms with van der Waals surface area (Å²) in [6, 6.07) is 0. The van der Waals surface area contributed by atoms with Gasteiger partial charge in [-0.1, -0.05) is 0 Å². The van der Waals surface area contributed by atoms with E-state index in [0.29, 0.717) is 0 Å². The summed E-state index contributed by atoms with van der Waals surface area (Å²) >= 11 is 0. The summed E-state index contributed by atoms with van der Waals surface area (Å²) < 4.78 is 34.1. The van der Waals surface area contributed by atoms with Gasteiger partial charge in [0.25, 0.3) is 0 Å². The van der Waals surface area contributed by atoms with Crippen LogP contribution in [0.1, 0.15) is 0 Å². The average Bonchev–Trinajstić information content (AvgIpc) is 1.19. The van der Waals surface area contributed by atoms with Crippen molar-refractivity contribution in [3.05, 3.63) is 0 Å². The van der Waals surface area contributed by atoms with Crippen molar-refractivity contribution in [2.75, 3.05) is 0 Å². The third kappa shape index (κ3) is 442. The summed E-state index contributed by atoms with van der Waals surface area (Å²) in [5, 5.41) is 15.3. The van der Waals surface area contributed by atoms with Crippen molar-refractivity contribution in [2.24, 2.45) is 0 Å². The van der Waals surface area contributed by atoms with Gasteiger partial charge < -0.3 is 35.1 Å². The van der Waals surface area contributed by atoms with Crippen LogP contribution < -0.4 is 83.1 Å². The van der Waals surface area contributed by atoms with E-state index in [0.717, 1.165) is 0 Å². The van der Waals surface area contributed by atoms with E-state index in [1.165, 1.54) is 0 Å². The zero-order valence-electron chi connectivity index (χ0n) is 8.41. The van der Waals surface area contributed by atoms with Crippen LogP contribution in [0.25, 0.3) is 0 Å². The van der Waals surface area contributed by atoms with E-state index in [1.54, 1.807) is 0 Å². The van der Waals surface area contributed by atoms with Crippen molar-refractivity contribution in [2.45, 2.75) is 0 Å². The van der Waals surface area contributed by atoms with Gasteiger partial charge in [0.15, 0.2) is 0 Å². The van der Waals surface area contributed by atoms with E-state index < -0.39 is 16.6 Å². The van der Waals surface area contributed by atoms with Crippen LogP contribution in [-0.4, -0.2) is 77.5 Å². The molecule has 14 heteroatoms. The Morgan fingerprint density at radius 3 is 1.07 bits per heavy atom. The molecule has 0 aliphatic heterocycles. The molecule has 15 heavy (non-hydrogen) atoms. The van der Waals surface area contributed by atoms with E-state index in [1.807, 2.05) is 0 Å². The quantitative estimate of drug-likeness (QED) is 0.254. The van der Waals surface area contributed by atoms with Crippen molar-refractivity contribution in [3.8, 4) is 0 Å². The second-order valence-corrected chi connectivity index (χ2v) is 1.49. The minimum Gasteiger partial charge on any atom is -0.870 e. The monoisotopic (exact) mass is 284 g/mol. The summed E-state index contributed by atoms with van der Waals surface area (Å²) in [5.41, 5.74) is 0. The van der Waals surface area contributed by atoms with Crippen molar-refractivity contribution in [3.63, 3.8) is 0 Å². The molecule has 0 aliphatic carbocycles. The second kappa shape index (κ2) is 30.2. The maximum atomic E-state index is 8.52. The summed E-state index contributed by atoms with van der Waals surface area (Å²) in [6.07, 6.45) is -2.08. The molecule has 0 rings (SSSR count). The summed E-state index contributed by atoms with van der Waals surface area (Å²) in [4.78, 5) is 8.44. The van der Waals surface area contributed by atoms with Crippen molar-refractivity contribution < 1.29 is 121 Å². The Bertz CT molecular complexity index is 171. The molecule has 0 saturated carbocycles. The Hall–Kier alpha value is 2.92. The van der Waals surface area contributed by atoms with Crippen LogP contribution in [0.4, 0.5) is 4.79 Å². The van der Waals surface area contributed by atoms with Gasteiger partial charge in [0, 0.05) is 10.4 Å². The summed E-state index contributed by atoms with van der Waals surface area (Å²) in [5.74, 6) is 0. The molecule has 0 aromatic carbocycles. The molecule has 0 aromatic heterocycles. The molecule has 0 aliphatic rings. The van der Waals surface area contributed by atoms with Crippen LogP contribution in [0.5, 0.6) is 0 Å². The Morgan fingerprint density at radius 2 is 1.07 bits per heavy atom. The van der Waals surface area contributed by atoms with Gasteiger partial charge in [0.1, 0.15) is 0 Å². The van der Waals surface area contributed by atoms with E-state index in [-0.39, 0.29) is 127 Å². The number of carboxylic acid groups (broad SMARTS) is 2. The predicted octanol–water partition coefficient (Wildman–Crippen LogP) is -12.2. The van der Waals surface area contributed by atoms with Crippen LogP contribution in [0.15, 0.2) is 0 Å². The largest absolute Gasteiger partial charge is 2.00 e. The fourth-order valence-corrected chi connectivity index (χ4v) is 0. The Morgan fingerprint density at radius 1 is 1.07 bits per heavy atom. The Kier molecular flexibility index (Phi) is 105. The van der Waals surface area contributed by atoms with E-state index in [4.69, 9.17) is 32.5 Å². The van der Waals surface area contributed by atoms with Gasteiger partial charge in [0.05, 0.1) is 0 Å². The first-order valence-corrected chi connectivity index (χ1v) is 2.63. The molecule has 0 bridgehead atoms. The first-order chi connectivity index (χ1) is 3.73. The normalized spacial score (nSPS) is 5.47.